The quantitative estimate of drug-likeness (QED) is 0.839. The van der Waals surface area contributed by atoms with E-state index in [2.05, 4.69) is 30.3 Å². The molecule has 2 aliphatic rings. The second-order valence-corrected chi connectivity index (χ2v) is 6.06. The topological polar surface area (TPSA) is 40.9 Å². The molecule has 1 unspecified atom stereocenters. The van der Waals surface area contributed by atoms with E-state index in [4.69, 9.17) is 5.26 Å². The van der Waals surface area contributed by atoms with Crippen LogP contribution in [0.15, 0.2) is 54.6 Å². The molecule has 2 heteroatoms. The van der Waals surface area contributed by atoms with Crippen molar-refractivity contribution in [3.8, 4) is 6.07 Å². The Labute approximate surface area is 124 Å². The van der Waals surface area contributed by atoms with Gasteiger partial charge in [-0.3, -0.25) is 4.79 Å². The molecule has 0 radical (unpaired) electrons. The number of hydrogen-bond donors (Lipinski definition) is 0. The fraction of sp³-hybridized carbons (Fsp3) is 0.263. The van der Waals surface area contributed by atoms with Crippen LogP contribution < -0.4 is 0 Å². The third-order valence-corrected chi connectivity index (χ3v) is 5.18. The highest BCUT2D eigenvalue weighted by Gasteiger charge is 2.71. The molecule has 0 heterocycles. The Morgan fingerprint density at radius 1 is 1.00 bits per heavy atom. The predicted molar refractivity (Wildman–Crippen MR) is 79.7 cm³/mol. The first-order valence-corrected chi connectivity index (χ1v) is 7.35. The zero-order chi connectivity index (χ0) is 14.4. The van der Waals surface area contributed by atoms with Crippen molar-refractivity contribution in [2.75, 3.05) is 0 Å². The molecule has 21 heavy (non-hydrogen) atoms. The Kier molecular flexibility index (Phi) is 2.53. The van der Waals surface area contributed by atoms with Crippen LogP contribution in [0.2, 0.25) is 0 Å². The summed E-state index contributed by atoms with van der Waals surface area (Å²) < 4.78 is 0. The second-order valence-electron chi connectivity index (χ2n) is 6.06. The summed E-state index contributed by atoms with van der Waals surface area (Å²) in [6.07, 6.45) is 1.65. The van der Waals surface area contributed by atoms with Crippen LogP contribution >= 0.6 is 0 Å². The highest BCUT2D eigenvalue weighted by atomic mass is 16.1. The molecule has 102 valence electrons. The van der Waals surface area contributed by atoms with Crippen LogP contribution in [0.3, 0.4) is 0 Å². The van der Waals surface area contributed by atoms with E-state index >= 15 is 0 Å². The highest BCUT2D eigenvalue weighted by Crippen LogP contribution is 2.72. The average molecular weight is 273 g/mol. The van der Waals surface area contributed by atoms with Crippen LogP contribution in [0, 0.1) is 17.2 Å². The molecule has 2 aromatic carbocycles. The van der Waals surface area contributed by atoms with E-state index in [1.807, 2.05) is 30.3 Å². The number of nitrogens with zero attached hydrogens (tertiary/aromatic N) is 1. The van der Waals surface area contributed by atoms with Crippen LogP contribution in [-0.2, 0) is 10.2 Å². The molecule has 0 saturated heterocycles. The van der Waals surface area contributed by atoms with Gasteiger partial charge in [0.15, 0.2) is 0 Å². The summed E-state index contributed by atoms with van der Waals surface area (Å²) in [5.74, 6) is 0.815. The summed E-state index contributed by atoms with van der Waals surface area (Å²) in [6.45, 7) is 0. The fourth-order valence-corrected chi connectivity index (χ4v) is 4.22. The summed E-state index contributed by atoms with van der Waals surface area (Å²) in [5.41, 5.74) is 3.16. The van der Waals surface area contributed by atoms with Gasteiger partial charge in [-0.15, -0.1) is 0 Å². The van der Waals surface area contributed by atoms with E-state index < -0.39 is 0 Å². The standard InChI is InChI=1S/C19H15NO/c20-12-13-6-8-14(9-7-13)17-18-16(21)10-11-19(17,18)15-4-2-1-3-5-15/h1-9,17-18H,10-11H2/t17?,18-,19-/m0/s1. The first-order valence-electron chi connectivity index (χ1n) is 7.35. The van der Waals surface area contributed by atoms with Crippen molar-refractivity contribution in [3.05, 3.63) is 71.3 Å². The van der Waals surface area contributed by atoms with E-state index in [9.17, 15) is 4.79 Å². The van der Waals surface area contributed by atoms with Gasteiger partial charge in [-0.05, 0) is 29.7 Å². The van der Waals surface area contributed by atoms with E-state index in [0.717, 1.165) is 6.42 Å². The SMILES string of the molecule is N#Cc1ccc(C2[C@@H]3C(=O)CC[C@]23c2ccccc2)cc1. The van der Waals surface area contributed by atoms with Gasteiger partial charge in [0, 0.05) is 23.7 Å². The lowest BCUT2D eigenvalue weighted by Gasteiger charge is -2.15. The first-order chi connectivity index (χ1) is 10.3. The Bertz CT molecular complexity index is 741. The van der Waals surface area contributed by atoms with Gasteiger partial charge in [-0.25, -0.2) is 0 Å². The van der Waals surface area contributed by atoms with Gasteiger partial charge < -0.3 is 0 Å². The Hall–Kier alpha value is -2.40. The number of benzene rings is 2. The molecule has 0 aromatic heterocycles. The molecule has 3 atom stereocenters. The van der Waals surface area contributed by atoms with E-state index in [-0.39, 0.29) is 17.3 Å². The molecule has 2 fully saturated rings. The van der Waals surface area contributed by atoms with E-state index in [1.165, 1.54) is 11.1 Å². The molecule has 0 amide bonds. The summed E-state index contributed by atoms with van der Waals surface area (Å²) in [5, 5.41) is 8.91. The zero-order valence-corrected chi connectivity index (χ0v) is 11.6. The minimum absolute atomic E-state index is 0.00645. The summed E-state index contributed by atoms with van der Waals surface area (Å²) in [7, 11) is 0. The molecule has 0 aliphatic heterocycles. The number of ketones is 1. The Morgan fingerprint density at radius 2 is 1.71 bits per heavy atom. The second kappa shape index (κ2) is 4.30. The van der Waals surface area contributed by atoms with Crippen molar-refractivity contribution in [1.29, 1.82) is 5.26 Å². The van der Waals surface area contributed by atoms with E-state index in [0.29, 0.717) is 17.8 Å². The maximum Gasteiger partial charge on any atom is 0.137 e. The lowest BCUT2D eigenvalue weighted by molar-refractivity contribution is -0.119. The number of rotatable bonds is 2. The molecule has 4 rings (SSSR count). The normalized spacial score (nSPS) is 29.8. The number of carbonyl (C=O) groups excluding carboxylic acids is 1. The molecular weight excluding hydrogens is 258 g/mol. The lowest BCUT2D eigenvalue weighted by atomic mass is 9.88. The predicted octanol–water partition coefficient (Wildman–Crippen LogP) is 3.57. The number of carbonyl (C=O) groups is 1. The van der Waals surface area contributed by atoms with Crippen molar-refractivity contribution >= 4 is 5.78 Å². The van der Waals surface area contributed by atoms with Crippen molar-refractivity contribution in [2.45, 2.75) is 24.2 Å². The molecule has 2 nitrogen and oxygen atoms in total. The van der Waals surface area contributed by atoms with Gasteiger partial charge in [-0.1, -0.05) is 42.5 Å². The highest BCUT2D eigenvalue weighted by molar-refractivity contribution is 5.92. The van der Waals surface area contributed by atoms with Crippen molar-refractivity contribution in [1.82, 2.24) is 0 Å². The number of hydrogen-bond acceptors (Lipinski definition) is 2. The number of fused-ring (bicyclic) bond motifs is 1. The molecule has 2 aromatic rings. The summed E-state index contributed by atoms with van der Waals surface area (Å²) >= 11 is 0. The van der Waals surface area contributed by atoms with Crippen LogP contribution in [0.4, 0.5) is 0 Å². The third kappa shape index (κ3) is 1.61. The molecule has 0 bridgehead atoms. The molecule has 0 N–H and O–H groups in total. The Balaban J connectivity index is 1.76. The monoisotopic (exact) mass is 273 g/mol. The summed E-state index contributed by atoms with van der Waals surface area (Å²) in [4.78, 5) is 12.2. The first kappa shape index (κ1) is 12.3. The van der Waals surface area contributed by atoms with Gasteiger partial charge in [0.25, 0.3) is 0 Å². The van der Waals surface area contributed by atoms with Gasteiger partial charge in [0.05, 0.1) is 11.6 Å². The number of nitriles is 1. The van der Waals surface area contributed by atoms with Gasteiger partial charge in [0.2, 0.25) is 0 Å². The van der Waals surface area contributed by atoms with E-state index in [1.54, 1.807) is 0 Å². The molecular formula is C19H15NO. The fourth-order valence-electron chi connectivity index (χ4n) is 4.22. The van der Waals surface area contributed by atoms with Crippen molar-refractivity contribution in [2.24, 2.45) is 5.92 Å². The summed E-state index contributed by atoms with van der Waals surface area (Å²) in [6, 6.07) is 20.3. The van der Waals surface area contributed by atoms with Crippen LogP contribution in [-0.4, -0.2) is 5.78 Å². The zero-order valence-electron chi connectivity index (χ0n) is 11.6. The molecule has 0 spiro atoms. The maximum absolute atomic E-state index is 12.2. The van der Waals surface area contributed by atoms with Crippen molar-refractivity contribution in [3.63, 3.8) is 0 Å². The number of Topliss-reactive ketones (excluding diaryl/α,β-unsaturated/α-hetero) is 1. The minimum atomic E-state index is 0.00645. The largest absolute Gasteiger partial charge is 0.299 e. The van der Waals surface area contributed by atoms with Gasteiger partial charge in [0.1, 0.15) is 5.78 Å². The molecule has 2 aliphatic carbocycles. The van der Waals surface area contributed by atoms with Gasteiger partial charge in [-0.2, -0.15) is 5.26 Å². The lowest BCUT2D eigenvalue weighted by Crippen LogP contribution is -2.08. The smallest absolute Gasteiger partial charge is 0.137 e. The van der Waals surface area contributed by atoms with Gasteiger partial charge >= 0.3 is 0 Å². The maximum atomic E-state index is 12.2. The van der Waals surface area contributed by atoms with Crippen molar-refractivity contribution < 1.29 is 4.79 Å². The van der Waals surface area contributed by atoms with Crippen LogP contribution in [0.5, 0.6) is 0 Å². The average Bonchev–Trinajstić information content (AvgIpc) is 3.12. The van der Waals surface area contributed by atoms with Crippen LogP contribution in [0.1, 0.15) is 35.4 Å². The third-order valence-electron chi connectivity index (χ3n) is 5.18. The minimum Gasteiger partial charge on any atom is -0.299 e. The Morgan fingerprint density at radius 3 is 2.38 bits per heavy atom. The molecule has 2 saturated carbocycles. The van der Waals surface area contributed by atoms with Crippen LogP contribution in [0.25, 0.3) is 0 Å².